The summed E-state index contributed by atoms with van der Waals surface area (Å²) in [5, 5.41) is 0. The van der Waals surface area contributed by atoms with Crippen LogP contribution in [0.2, 0.25) is 0 Å². The van der Waals surface area contributed by atoms with E-state index in [9.17, 15) is 9.59 Å². The zero-order valence-electron chi connectivity index (χ0n) is 14.3. The molecule has 3 aliphatic rings. The summed E-state index contributed by atoms with van der Waals surface area (Å²) in [4.78, 5) is 26.5. The van der Waals surface area contributed by atoms with Crippen LogP contribution in [0.3, 0.4) is 0 Å². The van der Waals surface area contributed by atoms with Crippen LogP contribution in [0, 0.1) is 5.92 Å². The average Bonchev–Trinajstić information content (AvgIpc) is 2.85. The maximum atomic E-state index is 12.8. The number of ether oxygens (including phenoxy) is 2. The number of hydrogen-bond acceptors (Lipinski definition) is 4. The fourth-order valence-electron chi connectivity index (χ4n) is 3.53. The van der Waals surface area contributed by atoms with Gasteiger partial charge in [-0.05, 0) is 38.7 Å². The van der Waals surface area contributed by atoms with Crippen LogP contribution in [0.1, 0.15) is 32.6 Å². The molecule has 0 aromatic heterocycles. The molecule has 0 radical (unpaired) electrons. The topological polar surface area (TPSA) is 55.8 Å². The van der Waals surface area contributed by atoms with Gasteiger partial charge in [-0.25, -0.2) is 4.79 Å². The highest BCUT2D eigenvalue weighted by Crippen LogP contribution is 2.34. The molecule has 0 spiro atoms. The molecule has 0 aromatic rings. The molecule has 0 unspecified atom stereocenters. The molecule has 0 bridgehead atoms. The lowest BCUT2D eigenvalue weighted by Gasteiger charge is -2.28. The molecule has 2 aliphatic heterocycles. The normalized spacial score (nSPS) is 33.0. The van der Waals surface area contributed by atoms with E-state index in [-0.39, 0.29) is 23.9 Å². The number of hydrogen-bond donors (Lipinski definition) is 0. The summed E-state index contributed by atoms with van der Waals surface area (Å²) < 4.78 is 10.8. The van der Waals surface area contributed by atoms with E-state index < -0.39 is 0 Å². The first-order valence-corrected chi connectivity index (χ1v) is 8.69. The van der Waals surface area contributed by atoms with Crippen LogP contribution in [0.15, 0.2) is 35.5 Å². The van der Waals surface area contributed by atoms with Crippen LogP contribution in [0.25, 0.3) is 0 Å². The van der Waals surface area contributed by atoms with Gasteiger partial charge in [0.25, 0.3) is 0 Å². The molecule has 130 valence electrons. The van der Waals surface area contributed by atoms with E-state index in [1.807, 2.05) is 17.9 Å². The number of carbonyl (C=O) groups is 2. The van der Waals surface area contributed by atoms with E-state index >= 15 is 0 Å². The molecule has 0 saturated carbocycles. The summed E-state index contributed by atoms with van der Waals surface area (Å²) in [5.41, 5.74) is 2.56. The monoisotopic (exact) mass is 331 g/mol. The highest BCUT2D eigenvalue weighted by atomic mass is 16.6. The Hall–Kier alpha value is -1.88. The van der Waals surface area contributed by atoms with Gasteiger partial charge >= 0.3 is 5.97 Å². The lowest BCUT2D eigenvalue weighted by atomic mass is 9.87. The smallest absolute Gasteiger partial charge is 0.334 e. The second-order valence-electron chi connectivity index (χ2n) is 6.73. The van der Waals surface area contributed by atoms with Crippen molar-refractivity contribution in [2.75, 3.05) is 26.3 Å². The van der Waals surface area contributed by atoms with Gasteiger partial charge in [0.05, 0.1) is 13.2 Å². The molecule has 0 N–H and O–H groups in total. The molecular weight excluding hydrogens is 306 g/mol. The summed E-state index contributed by atoms with van der Waals surface area (Å²) in [6.45, 7) is 8.44. The third kappa shape index (κ3) is 3.61. The van der Waals surface area contributed by atoms with Gasteiger partial charge in [0.2, 0.25) is 5.91 Å². The largest absolute Gasteiger partial charge is 0.454 e. The van der Waals surface area contributed by atoms with Gasteiger partial charge in [-0.1, -0.05) is 18.2 Å². The van der Waals surface area contributed by atoms with E-state index in [2.05, 4.69) is 12.7 Å². The molecule has 5 nitrogen and oxygen atoms in total. The molecule has 2 saturated heterocycles. The van der Waals surface area contributed by atoms with Gasteiger partial charge in [-0.15, -0.1) is 0 Å². The predicted molar refractivity (Wildman–Crippen MR) is 90.2 cm³/mol. The number of fused-ring (bicyclic) bond motifs is 1. The van der Waals surface area contributed by atoms with Crippen molar-refractivity contribution in [2.24, 2.45) is 5.92 Å². The Labute approximate surface area is 143 Å². The molecule has 2 heterocycles. The van der Waals surface area contributed by atoms with Gasteiger partial charge in [0.15, 0.2) is 0 Å². The SMILES string of the molecule is C=C1C(=O)O[C@@H]2/C=C(\C)CC/C=C(/C(=O)N3CCOCC3)CC[C@@H]12. The van der Waals surface area contributed by atoms with Gasteiger partial charge in [-0.3, -0.25) is 4.79 Å². The third-order valence-corrected chi connectivity index (χ3v) is 5.03. The Morgan fingerprint density at radius 2 is 2.04 bits per heavy atom. The number of carbonyl (C=O) groups excluding carboxylic acids is 2. The Morgan fingerprint density at radius 3 is 2.79 bits per heavy atom. The molecule has 24 heavy (non-hydrogen) atoms. The summed E-state index contributed by atoms with van der Waals surface area (Å²) in [6.07, 6.45) is 6.94. The van der Waals surface area contributed by atoms with E-state index in [1.54, 1.807) is 0 Å². The fraction of sp³-hybridized carbons (Fsp3) is 0.579. The van der Waals surface area contributed by atoms with Gasteiger partial charge in [0, 0.05) is 30.2 Å². The van der Waals surface area contributed by atoms with Crippen LogP contribution in [-0.4, -0.2) is 49.2 Å². The number of rotatable bonds is 1. The first kappa shape index (κ1) is 17.0. The minimum Gasteiger partial charge on any atom is -0.454 e. The van der Waals surface area contributed by atoms with Crippen molar-refractivity contribution < 1.29 is 19.1 Å². The number of morpholine rings is 1. The van der Waals surface area contributed by atoms with Crippen molar-refractivity contribution in [3.05, 3.63) is 35.5 Å². The van der Waals surface area contributed by atoms with Crippen LogP contribution in [-0.2, 0) is 19.1 Å². The lowest BCUT2D eigenvalue weighted by Crippen LogP contribution is -2.41. The summed E-state index contributed by atoms with van der Waals surface area (Å²) >= 11 is 0. The fourth-order valence-corrected chi connectivity index (χ4v) is 3.53. The van der Waals surface area contributed by atoms with Crippen LogP contribution >= 0.6 is 0 Å². The maximum absolute atomic E-state index is 12.8. The van der Waals surface area contributed by atoms with Gasteiger partial charge in [-0.2, -0.15) is 0 Å². The average molecular weight is 331 g/mol. The van der Waals surface area contributed by atoms with Crippen molar-refractivity contribution in [1.29, 1.82) is 0 Å². The molecule has 2 fully saturated rings. The molecular formula is C19H25NO4. The van der Waals surface area contributed by atoms with Crippen molar-refractivity contribution in [3.8, 4) is 0 Å². The number of esters is 1. The molecule has 2 atom stereocenters. The Balaban J connectivity index is 1.77. The quantitative estimate of drug-likeness (QED) is 0.421. The van der Waals surface area contributed by atoms with E-state index in [0.717, 1.165) is 18.4 Å². The Morgan fingerprint density at radius 1 is 1.29 bits per heavy atom. The van der Waals surface area contributed by atoms with Crippen molar-refractivity contribution in [2.45, 2.75) is 38.7 Å². The van der Waals surface area contributed by atoms with E-state index in [4.69, 9.17) is 9.47 Å². The standard InChI is InChI=1S/C19H25NO4/c1-13-4-3-5-15(18(21)20-8-10-23-11-9-20)6-7-16-14(2)19(22)24-17(16)12-13/h5,12,16-17H,2-4,6-11H2,1H3/b13-12+,15-5+/t16-,17+/m0/s1. The zero-order valence-corrected chi connectivity index (χ0v) is 14.3. The molecule has 1 amide bonds. The Kier molecular flexibility index (Phi) is 5.19. The minimum atomic E-state index is -0.307. The second kappa shape index (κ2) is 7.34. The number of nitrogens with zero attached hydrogens (tertiary/aromatic N) is 1. The Bertz CT molecular complexity index is 598. The van der Waals surface area contributed by atoms with E-state index in [1.165, 1.54) is 5.57 Å². The van der Waals surface area contributed by atoms with Crippen molar-refractivity contribution in [1.82, 2.24) is 4.90 Å². The molecule has 1 aliphatic carbocycles. The highest BCUT2D eigenvalue weighted by molar-refractivity contribution is 5.94. The van der Waals surface area contributed by atoms with E-state index in [0.29, 0.717) is 44.7 Å². The first-order valence-electron chi connectivity index (χ1n) is 8.69. The third-order valence-electron chi connectivity index (χ3n) is 5.03. The van der Waals surface area contributed by atoms with Crippen molar-refractivity contribution in [3.63, 3.8) is 0 Å². The highest BCUT2D eigenvalue weighted by Gasteiger charge is 2.37. The zero-order chi connectivity index (χ0) is 17.1. The van der Waals surface area contributed by atoms with Crippen molar-refractivity contribution >= 4 is 11.9 Å². The van der Waals surface area contributed by atoms with Gasteiger partial charge < -0.3 is 14.4 Å². The molecule has 0 aromatic carbocycles. The van der Waals surface area contributed by atoms with Gasteiger partial charge in [0.1, 0.15) is 6.10 Å². The van der Waals surface area contributed by atoms with Crippen LogP contribution in [0.4, 0.5) is 0 Å². The van der Waals surface area contributed by atoms with Crippen LogP contribution in [0.5, 0.6) is 0 Å². The summed E-state index contributed by atoms with van der Waals surface area (Å²) in [6, 6.07) is 0. The summed E-state index contributed by atoms with van der Waals surface area (Å²) in [5.74, 6) is -0.238. The maximum Gasteiger partial charge on any atom is 0.334 e. The first-order chi connectivity index (χ1) is 11.6. The lowest BCUT2D eigenvalue weighted by molar-refractivity contribution is -0.137. The number of amides is 1. The summed E-state index contributed by atoms with van der Waals surface area (Å²) in [7, 11) is 0. The van der Waals surface area contributed by atoms with Crippen LogP contribution < -0.4 is 0 Å². The minimum absolute atomic E-state index is 0.0357. The predicted octanol–water partition coefficient (Wildman–Crippen LogP) is 2.39. The molecule has 5 heteroatoms. The second-order valence-corrected chi connectivity index (χ2v) is 6.73. The molecule has 3 rings (SSSR count). The number of allylic oxidation sites excluding steroid dienone is 2.